The zero-order valence-electron chi connectivity index (χ0n) is 9.96. The van der Waals surface area contributed by atoms with E-state index < -0.39 is 0 Å². The molecule has 1 heterocycles. The first-order chi connectivity index (χ1) is 9.08. The van der Waals surface area contributed by atoms with Crippen LogP contribution in [0.15, 0.2) is 42.5 Å². The number of carbonyl (C=O) groups excluding carboxylic acids is 2. The maximum Gasteiger partial charge on any atom is 0.266 e. The summed E-state index contributed by atoms with van der Waals surface area (Å²) in [6.07, 6.45) is 0. The first-order valence-corrected chi connectivity index (χ1v) is 5.72. The van der Waals surface area contributed by atoms with Crippen LogP contribution in [0.25, 0.3) is 0 Å². The number of nitrogens with two attached hydrogens (primary N) is 2. The molecule has 1 aliphatic rings. The molecule has 0 radical (unpaired) electrons. The van der Waals surface area contributed by atoms with Gasteiger partial charge in [-0.3, -0.25) is 9.59 Å². The second-order valence-electron chi connectivity index (χ2n) is 4.35. The van der Waals surface area contributed by atoms with Gasteiger partial charge in [-0.25, -0.2) is 4.90 Å². The number of fused-ring (bicyclic) bond motifs is 1. The van der Waals surface area contributed by atoms with Gasteiger partial charge in [0.1, 0.15) is 0 Å². The number of hydrogen-bond donors (Lipinski definition) is 2. The van der Waals surface area contributed by atoms with Crippen molar-refractivity contribution in [1.82, 2.24) is 0 Å². The molecule has 2 aromatic carbocycles. The SMILES string of the molecule is Nc1cc(N)cc(N2C(=O)c3ccccc3C2=O)c1. The van der Waals surface area contributed by atoms with Gasteiger partial charge in [0, 0.05) is 11.4 Å². The largest absolute Gasteiger partial charge is 0.399 e. The topological polar surface area (TPSA) is 89.4 Å². The maximum atomic E-state index is 12.3. The highest BCUT2D eigenvalue weighted by Gasteiger charge is 2.36. The van der Waals surface area contributed by atoms with Gasteiger partial charge in [-0.1, -0.05) is 12.1 Å². The second kappa shape index (κ2) is 3.84. The summed E-state index contributed by atoms with van der Waals surface area (Å²) in [7, 11) is 0. The predicted octanol–water partition coefficient (Wildman–Crippen LogP) is 1.65. The number of carbonyl (C=O) groups is 2. The van der Waals surface area contributed by atoms with E-state index in [4.69, 9.17) is 11.5 Å². The number of nitrogens with zero attached hydrogens (tertiary/aromatic N) is 1. The third kappa shape index (κ3) is 1.63. The predicted molar refractivity (Wildman–Crippen MR) is 72.8 cm³/mol. The molecule has 0 saturated carbocycles. The normalized spacial score (nSPS) is 13.8. The fourth-order valence-electron chi connectivity index (χ4n) is 2.21. The summed E-state index contributed by atoms with van der Waals surface area (Å²) in [5.74, 6) is -0.712. The van der Waals surface area contributed by atoms with Crippen LogP contribution >= 0.6 is 0 Å². The lowest BCUT2D eigenvalue weighted by atomic mass is 10.1. The summed E-state index contributed by atoms with van der Waals surface area (Å²) in [6, 6.07) is 11.4. The Bertz CT molecular complexity index is 654. The fourth-order valence-corrected chi connectivity index (χ4v) is 2.21. The van der Waals surface area contributed by atoms with Crippen molar-refractivity contribution in [3.8, 4) is 0 Å². The lowest BCUT2D eigenvalue weighted by molar-refractivity contribution is 0.0926. The Hall–Kier alpha value is -2.82. The molecule has 0 bridgehead atoms. The Morgan fingerprint density at radius 1 is 0.789 bits per heavy atom. The fraction of sp³-hybridized carbons (Fsp3) is 0. The summed E-state index contributed by atoms with van der Waals surface area (Å²) in [4.78, 5) is 25.6. The van der Waals surface area contributed by atoms with E-state index in [0.29, 0.717) is 28.2 Å². The molecular weight excluding hydrogens is 242 g/mol. The molecule has 0 aromatic heterocycles. The van der Waals surface area contributed by atoms with Crippen LogP contribution in [0.4, 0.5) is 17.1 Å². The van der Waals surface area contributed by atoms with Gasteiger partial charge in [0.25, 0.3) is 11.8 Å². The van der Waals surface area contributed by atoms with E-state index >= 15 is 0 Å². The molecule has 5 nitrogen and oxygen atoms in total. The van der Waals surface area contributed by atoms with Crippen molar-refractivity contribution < 1.29 is 9.59 Å². The number of nitrogen functional groups attached to an aromatic ring is 2. The average molecular weight is 253 g/mol. The number of amides is 2. The summed E-state index contributed by atoms with van der Waals surface area (Å²) >= 11 is 0. The molecular formula is C14H11N3O2. The van der Waals surface area contributed by atoms with E-state index in [-0.39, 0.29) is 11.8 Å². The number of imide groups is 1. The Morgan fingerprint density at radius 3 is 1.74 bits per heavy atom. The van der Waals surface area contributed by atoms with Gasteiger partial charge >= 0.3 is 0 Å². The van der Waals surface area contributed by atoms with Crippen LogP contribution in [0.5, 0.6) is 0 Å². The number of anilines is 3. The first-order valence-electron chi connectivity index (χ1n) is 5.72. The smallest absolute Gasteiger partial charge is 0.266 e. The summed E-state index contributed by atoms with van der Waals surface area (Å²) in [6.45, 7) is 0. The van der Waals surface area contributed by atoms with Gasteiger partial charge in [-0.15, -0.1) is 0 Å². The van der Waals surface area contributed by atoms with Gasteiger partial charge in [-0.05, 0) is 30.3 Å². The Morgan fingerprint density at radius 2 is 1.26 bits per heavy atom. The van der Waals surface area contributed by atoms with Gasteiger partial charge in [-0.2, -0.15) is 0 Å². The first kappa shape index (κ1) is 11.3. The standard InChI is InChI=1S/C14H11N3O2/c15-8-5-9(16)7-10(6-8)17-13(18)11-3-1-2-4-12(11)14(17)19/h1-7H,15-16H2. The third-order valence-electron chi connectivity index (χ3n) is 3.01. The van der Waals surface area contributed by atoms with Crippen LogP contribution in [-0.2, 0) is 0 Å². The van der Waals surface area contributed by atoms with E-state index in [0.717, 1.165) is 4.90 Å². The minimum absolute atomic E-state index is 0.356. The molecule has 19 heavy (non-hydrogen) atoms. The van der Waals surface area contributed by atoms with Crippen molar-refractivity contribution in [2.45, 2.75) is 0 Å². The average Bonchev–Trinajstić information content (AvgIpc) is 2.61. The molecule has 0 spiro atoms. The lowest BCUT2D eigenvalue weighted by Gasteiger charge is -2.15. The van der Waals surface area contributed by atoms with Crippen LogP contribution in [0, 0.1) is 0 Å². The molecule has 0 saturated heterocycles. The molecule has 0 atom stereocenters. The molecule has 5 heteroatoms. The Labute approximate surface area is 109 Å². The highest BCUT2D eigenvalue weighted by Crippen LogP contribution is 2.30. The molecule has 0 aliphatic carbocycles. The Kier molecular flexibility index (Phi) is 2.28. The molecule has 2 amide bonds. The summed E-state index contributed by atoms with van der Waals surface area (Å²) < 4.78 is 0. The van der Waals surface area contributed by atoms with E-state index in [9.17, 15) is 9.59 Å². The molecule has 94 valence electrons. The van der Waals surface area contributed by atoms with E-state index in [2.05, 4.69) is 0 Å². The molecule has 0 unspecified atom stereocenters. The van der Waals surface area contributed by atoms with Crippen LogP contribution in [0.2, 0.25) is 0 Å². The van der Waals surface area contributed by atoms with Crippen LogP contribution in [0.1, 0.15) is 20.7 Å². The van der Waals surface area contributed by atoms with E-state index in [1.165, 1.54) is 0 Å². The van der Waals surface area contributed by atoms with Crippen LogP contribution < -0.4 is 16.4 Å². The van der Waals surface area contributed by atoms with Gasteiger partial charge in [0.05, 0.1) is 16.8 Å². The molecule has 3 rings (SSSR count). The summed E-state index contributed by atoms with van der Waals surface area (Å²) in [5.41, 5.74) is 13.4. The lowest BCUT2D eigenvalue weighted by Crippen LogP contribution is -2.29. The molecule has 1 aliphatic heterocycles. The Balaban J connectivity index is 2.14. The second-order valence-corrected chi connectivity index (χ2v) is 4.35. The number of hydrogen-bond acceptors (Lipinski definition) is 4. The van der Waals surface area contributed by atoms with E-state index in [1.54, 1.807) is 42.5 Å². The highest BCUT2D eigenvalue weighted by molar-refractivity contribution is 6.34. The summed E-state index contributed by atoms with van der Waals surface area (Å²) in [5, 5.41) is 0. The van der Waals surface area contributed by atoms with Gasteiger partial charge in [0.15, 0.2) is 0 Å². The number of rotatable bonds is 1. The van der Waals surface area contributed by atoms with Crippen molar-refractivity contribution in [3.63, 3.8) is 0 Å². The van der Waals surface area contributed by atoms with E-state index in [1.807, 2.05) is 0 Å². The quantitative estimate of drug-likeness (QED) is 0.597. The van der Waals surface area contributed by atoms with Gasteiger partial charge < -0.3 is 11.5 Å². The van der Waals surface area contributed by atoms with Crippen molar-refractivity contribution in [3.05, 3.63) is 53.6 Å². The zero-order chi connectivity index (χ0) is 13.6. The van der Waals surface area contributed by atoms with Crippen LogP contribution in [-0.4, -0.2) is 11.8 Å². The minimum atomic E-state index is -0.356. The molecule has 4 N–H and O–H groups in total. The highest BCUT2D eigenvalue weighted by atomic mass is 16.2. The van der Waals surface area contributed by atoms with Gasteiger partial charge in [0.2, 0.25) is 0 Å². The van der Waals surface area contributed by atoms with Crippen molar-refractivity contribution >= 4 is 28.9 Å². The van der Waals surface area contributed by atoms with Crippen molar-refractivity contribution in [1.29, 1.82) is 0 Å². The monoisotopic (exact) mass is 253 g/mol. The van der Waals surface area contributed by atoms with Crippen molar-refractivity contribution in [2.24, 2.45) is 0 Å². The third-order valence-corrected chi connectivity index (χ3v) is 3.01. The molecule has 0 fully saturated rings. The zero-order valence-corrected chi connectivity index (χ0v) is 9.96. The molecule has 2 aromatic rings. The minimum Gasteiger partial charge on any atom is -0.399 e. The van der Waals surface area contributed by atoms with Crippen molar-refractivity contribution in [2.75, 3.05) is 16.4 Å². The number of benzene rings is 2. The van der Waals surface area contributed by atoms with Crippen LogP contribution in [0.3, 0.4) is 0 Å². The maximum absolute atomic E-state index is 12.3.